The van der Waals surface area contributed by atoms with Gasteiger partial charge >= 0.3 is 11.9 Å². The summed E-state index contributed by atoms with van der Waals surface area (Å²) in [6.45, 7) is 4.90. The van der Waals surface area contributed by atoms with E-state index in [1.807, 2.05) is 0 Å². The average Bonchev–Trinajstić information content (AvgIpc) is 2.65. The van der Waals surface area contributed by atoms with Crippen LogP contribution in [0.3, 0.4) is 0 Å². The van der Waals surface area contributed by atoms with Gasteiger partial charge in [-0.3, -0.25) is 9.59 Å². The van der Waals surface area contributed by atoms with E-state index in [2.05, 4.69) is 0 Å². The third-order valence-corrected chi connectivity index (χ3v) is 3.83. The van der Waals surface area contributed by atoms with Crippen molar-refractivity contribution in [2.75, 3.05) is 6.61 Å². The molecule has 0 fully saturated rings. The topological polar surface area (TPSA) is 92.0 Å². The Labute approximate surface area is 160 Å². The predicted octanol–water partition coefficient (Wildman–Crippen LogP) is 4.00. The molecule has 28 heavy (non-hydrogen) atoms. The molecule has 0 radical (unpaired) electrons. The minimum absolute atomic E-state index is 0.0385. The molecular formula is C21H18O7. The minimum Gasteiger partial charge on any atom is -0.462 e. The standard InChI is InChI=1S/C21H18O7/c1-4-25-21(24)14-5-7-15(8-6-14)28-20-12(2)26-18-11-16(27-13(3)22)9-10-17(18)19(20)23/h5-11H,4H2,1-3H3. The van der Waals surface area contributed by atoms with E-state index in [1.54, 1.807) is 38.1 Å². The van der Waals surface area contributed by atoms with E-state index >= 15 is 0 Å². The molecule has 0 aliphatic rings. The van der Waals surface area contributed by atoms with Gasteiger partial charge in [-0.1, -0.05) is 0 Å². The highest BCUT2D eigenvalue weighted by Crippen LogP contribution is 2.27. The molecule has 0 amide bonds. The Morgan fingerprint density at radius 2 is 1.71 bits per heavy atom. The van der Waals surface area contributed by atoms with Gasteiger partial charge in [0.2, 0.25) is 11.2 Å². The second kappa shape index (κ2) is 7.96. The van der Waals surface area contributed by atoms with Gasteiger partial charge in [-0.2, -0.15) is 0 Å². The van der Waals surface area contributed by atoms with Crippen LogP contribution in [-0.4, -0.2) is 18.5 Å². The van der Waals surface area contributed by atoms with E-state index in [0.717, 1.165) is 0 Å². The van der Waals surface area contributed by atoms with Gasteiger partial charge in [-0.25, -0.2) is 4.79 Å². The van der Waals surface area contributed by atoms with Gasteiger partial charge in [0.25, 0.3) is 0 Å². The summed E-state index contributed by atoms with van der Waals surface area (Å²) in [6.07, 6.45) is 0. The Bertz CT molecular complexity index is 1090. The smallest absolute Gasteiger partial charge is 0.338 e. The van der Waals surface area contributed by atoms with Crippen molar-refractivity contribution in [1.29, 1.82) is 0 Å². The van der Waals surface area contributed by atoms with Gasteiger partial charge in [0.15, 0.2) is 0 Å². The molecule has 0 bridgehead atoms. The van der Waals surface area contributed by atoms with Gasteiger partial charge in [-0.15, -0.1) is 0 Å². The van der Waals surface area contributed by atoms with Crippen LogP contribution in [0.1, 0.15) is 30.0 Å². The maximum absolute atomic E-state index is 12.8. The zero-order valence-corrected chi connectivity index (χ0v) is 15.6. The molecule has 0 saturated carbocycles. The summed E-state index contributed by atoms with van der Waals surface area (Å²) >= 11 is 0. The van der Waals surface area contributed by atoms with Crippen molar-refractivity contribution in [2.24, 2.45) is 0 Å². The van der Waals surface area contributed by atoms with E-state index in [-0.39, 0.29) is 34.9 Å². The molecule has 0 unspecified atom stereocenters. The third-order valence-electron chi connectivity index (χ3n) is 3.83. The minimum atomic E-state index is -0.468. The lowest BCUT2D eigenvalue weighted by atomic mass is 10.2. The van der Waals surface area contributed by atoms with Crippen molar-refractivity contribution in [2.45, 2.75) is 20.8 Å². The van der Waals surface area contributed by atoms with E-state index in [1.165, 1.54) is 25.1 Å². The van der Waals surface area contributed by atoms with Crippen molar-refractivity contribution in [1.82, 2.24) is 0 Å². The number of hydrogen-bond donors (Lipinski definition) is 0. The number of benzene rings is 2. The molecule has 0 spiro atoms. The molecule has 2 aromatic carbocycles. The fraction of sp³-hybridized carbons (Fsp3) is 0.190. The number of carbonyl (C=O) groups excluding carboxylic acids is 2. The lowest BCUT2D eigenvalue weighted by Gasteiger charge is -2.10. The highest BCUT2D eigenvalue weighted by atomic mass is 16.5. The van der Waals surface area contributed by atoms with Crippen LogP contribution in [-0.2, 0) is 9.53 Å². The fourth-order valence-corrected chi connectivity index (χ4v) is 2.61. The van der Waals surface area contributed by atoms with Crippen LogP contribution in [0.4, 0.5) is 0 Å². The molecule has 0 aliphatic carbocycles. The maximum atomic E-state index is 12.8. The summed E-state index contributed by atoms with van der Waals surface area (Å²) in [7, 11) is 0. The molecule has 0 atom stereocenters. The van der Waals surface area contributed by atoms with Crippen molar-refractivity contribution in [3.8, 4) is 17.2 Å². The number of hydrogen-bond acceptors (Lipinski definition) is 7. The van der Waals surface area contributed by atoms with Crippen molar-refractivity contribution >= 4 is 22.9 Å². The Balaban J connectivity index is 1.92. The molecule has 3 aromatic rings. The molecule has 1 aromatic heterocycles. The normalized spacial score (nSPS) is 10.5. The van der Waals surface area contributed by atoms with E-state index in [9.17, 15) is 14.4 Å². The van der Waals surface area contributed by atoms with Crippen molar-refractivity contribution < 1.29 is 28.2 Å². The van der Waals surface area contributed by atoms with Gasteiger partial charge in [0, 0.05) is 13.0 Å². The zero-order chi connectivity index (χ0) is 20.3. The summed E-state index contributed by atoms with van der Waals surface area (Å²) < 4.78 is 21.3. The van der Waals surface area contributed by atoms with Crippen LogP contribution >= 0.6 is 0 Å². The summed E-state index contributed by atoms with van der Waals surface area (Å²) in [4.78, 5) is 35.6. The van der Waals surface area contributed by atoms with Crippen LogP contribution in [0.15, 0.2) is 51.7 Å². The zero-order valence-electron chi connectivity index (χ0n) is 15.6. The molecule has 3 rings (SSSR count). The Hall–Kier alpha value is -3.61. The monoisotopic (exact) mass is 382 g/mol. The van der Waals surface area contributed by atoms with Crippen LogP contribution in [0.2, 0.25) is 0 Å². The molecule has 0 aliphatic heterocycles. The first kappa shape index (κ1) is 19.2. The number of rotatable bonds is 5. The second-order valence-corrected chi connectivity index (χ2v) is 5.92. The quantitative estimate of drug-likeness (QED) is 0.486. The number of fused-ring (bicyclic) bond motifs is 1. The van der Waals surface area contributed by atoms with Crippen molar-refractivity contribution in [3.05, 3.63) is 64.0 Å². The molecule has 7 heteroatoms. The van der Waals surface area contributed by atoms with Crippen molar-refractivity contribution in [3.63, 3.8) is 0 Å². The van der Waals surface area contributed by atoms with E-state index in [4.69, 9.17) is 18.6 Å². The molecular weight excluding hydrogens is 364 g/mol. The Morgan fingerprint density at radius 1 is 1.04 bits per heavy atom. The summed E-state index contributed by atoms with van der Waals surface area (Å²) in [5.74, 6) is 0.0670. The number of aryl methyl sites for hydroxylation is 1. The first-order chi connectivity index (χ1) is 13.4. The first-order valence-electron chi connectivity index (χ1n) is 8.60. The molecule has 1 heterocycles. The summed E-state index contributed by atoms with van der Waals surface area (Å²) in [6, 6.07) is 10.7. The first-order valence-corrected chi connectivity index (χ1v) is 8.60. The SMILES string of the molecule is CCOC(=O)c1ccc(Oc2c(C)oc3cc(OC(C)=O)ccc3c2=O)cc1. The predicted molar refractivity (Wildman–Crippen MR) is 101 cm³/mol. The fourth-order valence-electron chi connectivity index (χ4n) is 2.61. The van der Waals surface area contributed by atoms with Crippen LogP contribution in [0, 0.1) is 6.92 Å². The summed E-state index contributed by atoms with van der Waals surface area (Å²) in [5, 5.41) is 0.291. The largest absolute Gasteiger partial charge is 0.462 e. The molecule has 144 valence electrons. The van der Waals surface area contributed by atoms with Crippen LogP contribution < -0.4 is 14.9 Å². The highest BCUT2D eigenvalue weighted by Gasteiger charge is 2.15. The van der Waals surface area contributed by atoms with Gasteiger partial charge in [0.1, 0.15) is 22.8 Å². The van der Waals surface area contributed by atoms with Crippen LogP contribution in [0.5, 0.6) is 17.2 Å². The third kappa shape index (κ3) is 4.03. The van der Waals surface area contributed by atoms with Crippen LogP contribution in [0.25, 0.3) is 11.0 Å². The molecule has 7 nitrogen and oxygen atoms in total. The highest BCUT2D eigenvalue weighted by molar-refractivity contribution is 5.89. The van der Waals surface area contributed by atoms with Gasteiger partial charge in [0.05, 0.1) is 17.6 Å². The number of ether oxygens (including phenoxy) is 3. The number of esters is 2. The molecule has 0 saturated heterocycles. The van der Waals surface area contributed by atoms with E-state index in [0.29, 0.717) is 16.7 Å². The second-order valence-electron chi connectivity index (χ2n) is 5.92. The van der Waals surface area contributed by atoms with Gasteiger partial charge < -0.3 is 18.6 Å². The van der Waals surface area contributed by atoms with Gasteiger partial charge in [-0.05, 0) is 50.2 Å². The molecule has 0 N–H and O–H groups in total. The number of carbonyl (C=O) groups is 2. The van der Waals surface area contributed by atoms with E-state index < -0.39 is 11.9 Å². The average molecular weight is 382 g/mol. The lowest BCUT2D eigenvalue weighted by Crippen LogP contribution is -2.08. The lowest BCUT2D eigenvalue weighted by molar-refractivity contribution is -0.131. The summed E-state index contributed by atoms with van der Waals surface area (Å²) in [5.41, 5.74) is 0.309. The Morgan fingerprint density at radius 3 is 2.36 bits per heavy atom. The maximum Gasteiger partial charge on any atom is 0.338 e. The Kier molecular flexibility index (Phi) is 5.44.